The van der Waals surface area contributed by atoms with Gasteiger partial charge in [0.05, 0.1) is 6.61 Å². The maximum Gasteiger partial charge on any atom is 0.157 e. The summed E-state index contributed by atoms with van der Waals surface area (Å²) in [5.41, 5.74) is 0. The van der Waals surface area contributed by atoms with Gasteiger partial charge in [0, 0.05) is 6.61 Å². The van der Waals surface area contributed by atoms with E-state index in [0.717, 1.165) is 27.9 Å². The molecule has 0 amide bonds. The van der Waals surface area contributed by atoms with E-state index in [0.29, 0.717) is 0 Å². The summed E-state index contributed by atoms with van der Waals surface area (Å²) >= 11 is 0. The van der Waals surface area contributed by atoms with Gasteiger partial charge in [0.25, 0.3) is 0 Å². The Bertz CT molecular complexity index is 105. The van der Waals surface area contributed by atoms with E-state index in [4.69, 9.17) is 9.47 Å². The van der Waals surface area contributed by atoms with Crippen LogP contribution in [0, 0.1) is 0 Å². The van der Waals surface area contributed by atoms with Crippen LogP contribution in [-0.2, 0) is 9.47 Å². The zero-order valence-corrected chi connectivity index (χ0v) is 9.58. The molecule has 2 nitrogen and oxygen atoms in total. The molecule has 72 valence electrons. The Morgan fingerprint density at radius 2 is 2.42 bits per heavy atom. The first kappa shape index (κ1) is 10.9. The molecule has 1 fully saturated rings. The third kappa shape index (κ3) is 4.72. The van der Waals surface area contributed by atoms with E-state index in [1.54, 1.807) is 0 Å². The second kappa shape index (κ2) is 7.21. The van der Waals surface area contributed by atoms with Gasteiger partial charge >= 0.3 is 0 Å². The number of hydrogen-bond donors (Lipinski definition) is 0. The average Bonchev–Trinajstić information content (AvgIpc) is 2.14. The highest BCUT2D eigenvalue weighted by Crippen LogP contribution is 2.20. The van der Waals surface area contributed by atoms with E-state index in [9.17, 15) is 0 Å². The molecule has 0 radical (unpaired) electrons. The molecule has 0 spiro atoms. The highest BCUT2D eigenvalue weighted by atomic mass is 32.0. The van der Waals surface area contributed by atoms with Crippen molar-refractivity contribution in [2.24, 2.45) is 0 Å². The largest absolute Gasteiger partial charge is 0.353 e. The fourth-order valence-electron chi connectivity index (χ4n) is 1.23. The number of hydrogen-bond acceptors (Lipinski definition) is 2. The minimum atomic E-state index is 0.103. The predicted octanol–water partition coefficient (Wildman–Crippen LogP) is 2.39. The van der Waals surface area contributed by atoms with Crippen LogP contribution in [0.4, 0.5) is 0 Å². The van der Waals surface area contributed by atoms with Crippen LogP contribution in [0.25, 0.3) is 0 Å². The summed E-state index contributed by atoms with van der Waals surface area (Å²) in [5.74, 6) is 0. The van der Waals surface area contributed by atoms with Gasteiger partial charge in [-0.2, -0.15) is 0 Å². The Morgan fingerprint density at radius 3 is 3.08 bits per heavy atom. The summed E-state index contributed by atoms with van der Waals surface area (Å²) in [5, 5.41) is 0. The molecule has 4 heteroatoms. The molecule has 3 unspecified atom stereocenters. The summed E-state index contributed by atoms with van der Waals surface area (Å²) in [6.07, 6.45) is 6.08. The maximum absolute atomic E-state index is 5.56. The zero-order valence-electron chi connectivity index (χ0n) is 7.42. The molecular weight excluding hydrogens is 190 g/mol. The maximum atomic E-state index is 5.56. The van der Waals surface area contributed by atoms with E-state index < -0.39 is 0 Å². The van der Waals surface area contributed by atoms with Crippen molar-refractivity contribution in [3.05, 3.63) is 0 Å². The van der Waals surface area contributed by atoms with Crippen LogP contribution >= 0.6 is 17.2 Å². The van der Waals surface area contributed by atoms with Gasteiger partial charge in [-0.3, -0.25) is 0 Å². The van der Waals surface area contributed by atoms with E-state index in [1.165, 1.54) is 25.4 Å². The lowest BCUT2D eigenvalue weighted by Gasteiger charge is -2.22. The van der Waals surface area contributed by atoms with Gasteiger partial charge < -0.3 is 9.47 Å². The first-order valence-corrected chi connectivity index (χ1v) is 7.62. The smallest absolute Gasteiger partial charge is 0.157 e. The SMILES string of the molecule is PPCCCOC1CCCCO1. The quantitative estimate of drug-likeness (QED) is 0.510. The van der Waals surface area contributed by atoms with Crippen molar-refractivity contribution in [3.8, 4) is 0 Å². The van der Waals surface area contributed by atoms with Crippen LogP contribution in [-0.4, -0.2) is 25.7 Å². The number of ether oxygens (including phenoxy) is 2. The first-order chi connectivity index (χ1) is 5.93. The van der Waals surface area contributed by atoms with Crippen LogP contribution < -0.4 is 0 Å². The Balaban J connectivity index is 1.91. The summed E-state index contributed by atoms with van der Waals surface area (Å²) in [4.78, 5) is 0. The topological polar surface area (TPSA) is 18.5 Å². The lowest BCUT2D eigenvalue weighted by atomic mass is 10.2. The fourth-order valence-corrected chi connectivity index (χ4v) is 2.19. The summed E-state index contributed by atoms with van der Waals surface area (Å²) < 4.78 is 11.0. The monoisotopic (exact) mass is 208 g/mol. The van der Waals surface area contributed by atoms with Crippen LogP contribution in [0.3, 0.4) is 0 Å². The van der Waals surface area contributed by atoms with Gasteiger partial charge in [-0.15, -0.1) is 17.2 Å². The van der Waals surface area contributed by atoms with E-state index >= 15 is 0 Å². The van der Waals surface area contributed by atoms with E-state index in [2.05, 4.69) is 8.93 Å². The van der Waals surface area contributed by atoms with Gasteiger partial charge in [0.1, 0.15) is 0 Å². The molecule has 12 heavy (non-hydrogen) atoms. The summed E-state index contributed by atoms with van der Waals surface area (Å²) in [6, 6.07) is 0. The van der Waals surface area contributed by atoms with Crippen LogP contribution in [0.5, 0.6) is 0 Å². The Labute approximate surface area is 78.7 Å². The molecule has 0 saturated carbocycles. The first-order valence-electron chi connectivity index (χ1n) is 4.60. The minimum Gasteiger partial charge on any atom is -0.353 e. The van der Waals surface area contributed by atoms with E-state index in [1.807, 2.05) is 0 Å². The highest BCUT2D eigenvalue weighted by Gasteiger charge is 2.12. The summed E-state index contributed by atoms with van der Waals surface area (Å²) in [6.45, 7) is 1.75. The van der Waals surface area contributed by atoms with Crippen molar-refractivity contribution >= 4 is 17.2 Å². The number of rotatable bonds is 5. The highest BCUT2D eigenvalue weighted by molar-refractivity contribution is 8.02. The molecule has 1 aliphatic rings. The van der Waals surface area contributed by atoms with Gasteiger partial charge in [0.15, 0.2) is 6.29 Å². The predicted molar refractivity (Wildman–Crippen MR) is 57.1 cm³/mol. The molecule has 1 heterocycles. The second-order valence-corrected chi connectivity index (χ2v) is 5.11. The molecule has 0 bridgehead atoms. The van der Waals surface area contributed by atoms with Crippen molar-refractivity contribution in [1.82, 2.24) is 0 Å². The van der Waals surface area contributed by atoms with Crippen LogP contribution in [0.15, 0.2) is 0 Å². The standard InChI is InChI=1S/C8H18O2P2/c11-12-7-3-6-10-8-4-1-2-5-9-8/h8,12H,1-7,11H2. The van der Waals surface area contributed by atoms with E-state index in [-0.39, 0.29) is 6.29 Å². The van der Waals surface area contributed by atoms with Crippen molar-refractivity contribution in [3.63, 3.8) is 0 Å². The lowest BCUT2D eigenvalue weighted by Crippen LogP contribution is -2.22. The minimum absolute atomic E-state index is 0.103. The molecule has 0 aliphatic carbocycles. The Kier molecular flexibility index (Phi) is 6.52. The van der Waals surface area contributed by atoms with Crippen molar-refractivity contribution in [2.45, 2.75) is 32.0 Å². The molecule has 3 atom stereocenters. The molecule has 0 aromatic heterocycles. The molecule has 1 aliphatic heterocycles. The lowest BCUT2D eigenvalue weighted by molar-refractivity contribution is -0.162. The van der Waals surface area contributed by atoms with Crippen molar-refractivity contribution in [1.29, 1.82) is 0 Å². The van der Waals surface area contributed by atoms with Crippen LogP contribution in [0.1, 0.15) is 25.7 Å². The third-order valence-electron chi connectivity index (χ3n) is 1.91. The van der Waals surface area contributed by atoms with Crippen molar-refractivity contribution < 1.29 is 9.47 Å². The van der Waals surface area contributed by atoms with Crippen molar-refractivity contribution in [2.75, 3.05) is 19.4 Å². The molecule has 0 aromatic carbocycles. The third-order valence-corrected chi connectivity index (χ3v) is 3.42. The molecular formula is C8H18O2P2. The van der Waals surface area contributed by atoms with Gasteiger partial charge in [0.2, 0.25) is 0 Å². The van der Waals surface area contributed by atoms with Gasteiger partial charge in [-0.25, -0.2) is 0 Å². The molecule has 0 N–H and O–H groups in total. The van der Waals surface area contributed by atoms with Gasteiger partial charge in [-0.05, 0) is 31.8 Å². The molecule has 0 aromatic rings. The summed E-state index contributed by atoms with van der Waals surface area (Å²) in [7, 11) is 3.73. The fraction of sp³-hybridized carbons (Fsp3) is 1.00. The molecule has 1 saturated heterocycles. The Morgan fingerprint density at radius 1 is 1.50 bits per heavy atom. The molecule has 1 rings (SSSR count). The van der Waals surface area contributed by atoms with Crippen LogP contribution in [0.2, 0.25) is 0 Å². The zero-order chi connectivity index (χ0) is 8.65. The van der Waals surface area contributed by atoms with Gasteiger partial charge in [-0.1, -0.05) is 0 Å². The average molecular weight is 208 g/mol. The second-order valence-electron chi connectivity index (χ2n) is 2.97. The Hall–Kier alpha value is 0.780. The normalized spacial score (nSPS) is 25.2.